The molecule has 0 amide bonds. The highest BCUT2D eigenvalue weighted by atomic mass is 32.1. The topological polar surface area (TPSA) is 16.1 Å². The number of hydrogen-bond acceptors (Lipinski definition) is 3. The van der Waals surface area contributed by atoms with Crippen LogP contribution in [0.2, 0.25) is 0 Å². The first-order valence-corrected chi connectivity index (χ1v) is 6.64. The minimum absolute atomic E-state index is 1.00. The number of thiol groups is 1. The molecule has 0 aromatic carbocycles. The quantitative estimate of drug-likeness (QED) is 0.553. The highest BCUT2D eigenvalue weighted by Crippen LogP contribution is 2.05. The monoisotopic (exact) mass is 238 g/mol. The number of hydrogen-bond donors (Lipinski definition) is 1. The van der Waals surface area contributed by atoms with Gasteiger partial charge in [-0.15, -0.1) is 0 Å². The lowest BCUT2D eigenvalue weighted by Gasteiger charge is -2.16. The molecule has 1 aromatic rings. The Labute approximate surface area is 104 Å². The van der Waals surface area contributed by atoms with Crippen molar-refractivity contribution in [2.24, 2.45) is 0 Å². The Kier molecular flexibility index (Phi) is 7.26. The molecule has 0 N–H and O–H groups in total. The van der Waals surface area contributed by atoms with Gasteiger partial charge >= 0.3 is 0 Å². The van der Waals surface area contributed by atoms with Gasteiger partial charge in [0.15, 0.2) is 0 Å². The summed E-state index contributed by atoms with van der Waals surface area (Å²) < 4.78 is 0. The van der Waals surface area contributed by atoms with Gasteiger partial charge in [-0.25, -0.2) is 0 Å². The zero-order valence-electron chi connectivity index (χ0n) is 10.1. The summed E-state index contributed by atoms with van der Waals surface area (Å²) in [7, 11) is 2.17. The predicted octanol–water partition coefficient (Wildman–Crippen LogP) is 3.00. The van der Waals surface area contributed by atoms with Crippen LogP contribution in [-0.4, -0.2) is 29.2 Å². The van der Waals surface area contributed by atoms with Gasteiger partial charge in [0.25, 0.3) is 0 Å². The smallest absolute Gasteiger partial charge is 0.0312 e. The summed E-state index contributed by atoms with van der Waals surface area (Å²) in [5.74, 6) is 1.02. The van der Waals surface area contributed by atoms with E-state index in [2.05, 4.69) is 35.6 Å². The molecule has 0 aliphatic heterocycles. The number of unbranched alkanes of at least 4 members (excludes halogenated alkanes) is 3. The molecule has 3 heteroatoms. The Morgan fingerprint density at radius 1 is 1.25 bits per heavy atom. The Morgan fingerprint density at radius 2 is 2.06 bits per heavy atom. The molecule has 0 bridgehead atoms. The number of nitrogens with zero attached hydrogens (tertiary/aromatic N) is 2. The first-order chi connectivity index (χ1) is 7.83. The lowest BCUT2D eigenvalue weighted by molar-refractivity contribution is 0.317. The molecule has 0 unspecified atom stereocenters. The molecule has 0 spiro atoms. The summed E-state index contributed by atoms with van der Waals surface area (Å²) in [6.07, 6.45) is 8.92. The van der Waals surface area contributed by atoms with Gasteiger partial charge in [-0.3, -0.25) is 4.98 Å². The molecule has 0 atom stereocenters. The van der Waals surface area contributed by atoms with Crippen molar-refractivity contribution in [1.82, 2.24) is 9.88 Å². The lowest BCUT2D eigenvalue weighted by atomic mass is 10.2. The maximum atomic E-state index is 4.21. The molecule has 0 radical (unpaired) electrons. The Bertz CT molecular complexity index is 264. The van der Waals surface area contributed by atoms with E-state index in [1.165, 1.54) is 37.8 Å². The van der Waals surface area contributed by atoms with Crippen molar-refractivity contribution >= 4 is 12.6 Å². The van der Waals surface area contributed by atoms with E-state index >= 15 is 0 Å². The minimum atomic E-state index is 1.00. The van der Waals surface area contributed by atoms with Crippen LogP contribution in [0, 0.1) is 0 Å². The standard InChI is InChI=1S/C13H22N2S/c1-15(9-4-2-3-5-10-16)12-13-7-6-8-14-11-13/h6-8,11,16H,2-5,9-10,12H2,1H3. The van der Waals surface area contributed by atoms with E-state index in [0.29, 0.717) is 0 Å². The summed E-state index contributed by atoms with van der Waals surface area (Å²) >= 11 is 4.21. The Balaban J connectivity index is 2.09. The SMILES string of the molecule is CN(CCCCCCS)Cc1cccnc1. The fraction of sp³-hybridized carbons (Fsp3) is 0.615. The maximum absolute atomic E-state index is 4.21. The molecule has 0 saturated heterocycles. The van der Waals surface area contributed by atoms with E-state index in [1.54, 1.807) is 0 Å². The van der Waals surface area contributed by atoms with Crippen LogP contribution in [0.1, 0.15) is 31.2 Å². The van der Waals surface area contributed by atoms with Crippen molar-refractivity contribution in [3.63, 3.8) is 0 Å². The van der Waals surface area contributed by atoms with E-state index in [1.807, 2.05) is 18.5 Å². The number of aromatic nitrogens is 1. The van der Waals surface area contributed by atoms with Crippen molar-refractivity contribution in [3.05, 3.63) is 30.1 Å². The van der Waals surface area contributed by atoms with Gasteiger partial charge < -0.3 is 4.90 Å². The average Bonchev–Trinajstić information content (AvgIpc) is 2.30. The van der Waals surface area contributed by atoms with Crippen LogP contribution < -0.4 is 0 Å². The molecule has 0 aliphatic carbocycles. The molecule has 0 saturated carbocycles. The summed E-state index contributed by atoms with van der Waals surface area (Å²) in [6, 6.07) is 4.13. The van der Waals surface area contributed by atoms with Crippen molar-refractivity contribution in [1.29, 1.82) is 0 Å². The van der Waals surface area contributed by atoms with Gasteiger partial charge in [0.1, 0.15) is 0 Å². The fourth-order valence-corrected chi connectivity index (χ4v) is 1.95. The second-order valence-electron chi connectivity index (χ2n) is 4.24. The van der Waals surface area contributed by atoms with Crippen LogP contribution in [0.5, 0.6) is 0 Å². The summed E-state index contributed by atoms with van der Waals surface area (Å²) in [5.41, 5.74) is 1.29. The molecular formula is C13H22N2S. The summed E-state index contributed by atoms with van der Waals surface area (Å²) in [4.78, 5) is 6.48. The van der Waals surface area contributed by atoms with Gasteiger partial charge in [0.05, 0.1) is 0 Å². The van der Waals surface area contributed by atoms with Crippen molar-refractivity contribution in [2.45, 2.75) is 32.2 Å². The van der Waals surface area contributed by atoms with E-state index < -0.39 is 0 Å². The molecule has 0 fully saturated rings. The molecule has 0 aliphatic rings. The van der Waals surface area contributed by atoms with E-state index in [9.17, 15) is 0 Å². The van der Waals surface area contributed by atoms with E-state index in [4.69, 9.17) is 0 Å². The van der Waals surface area contributed by atoms with E-state index in [0.717, 1.165) is 12.3 Å². The number of rotatable bonds is 8. The lowest BCUT2D eigenvalue weighted by Crippen LogP contribution is -2.19. The van der Waals surface area contributed by atoms with E-state index in [-0.39, 0.29) is 0 Å². The normalized spacial score (nSPS) is 10.9. The minimum Gasteiger partial charge on any atom is -0.302 e. The highest BCUT2D eigenvalue weighted by molar-refractivity contribution is 7.80. The molecule has 16 heavy (non-hydrogen) atoms. The van der Waals surface area contributed by atoms with Crippen LogP contribution in [0.15, 0.2) is 24.5 Å². The highest BCUT2D eigenvalue weighted by Gasteiger charge is 1.99. The predicted molar refractivity (Wildman–Crippen MR) is 72.9 cm³/mol. The fourth-order valence-electron chi connectivity index (χ4n) is 1.73. The molecule has 1 aromatic heterocycles. The average molecular weight is 238 g/mol. The third kappa shape index (κ3) is 6.13. The van der Waals surface area contributed by atoms with Crippen molar-refractivity contribution in [3.8, 4) is 0 Å². The molecular weight excluding hydrogens is 216 g/mol. The molecule has 1 rings (SSSR count). The Morgan fingerprint density at radius 3 is 2.75 bits per heavy atom. The summed E-state index contributed by atoms with van der Waals surface area (Å²) in [5, 5.41) is 0. The van der Waals surface area contributed by atoms with Gasteiger partial charge in [-0.1, -0.05) is 18.9 Å². The van der Waals surface area contributed by atoms with Crippen LogP contribution >= 0.6 is 12.6 Å². The molecule has 2 nitrogen and oxygen atoms in total. The zero-order valence-corrected chi connectivity index (χ0v) is 11.0. The van der Waals surface area contributed by atoms with Crippen LogP contribution in [0.4, 0.5) is 0 Å². The molecule has 1 heterocycles. The number of pyridine rings is 1. The van der Waals surface area contributed by atoms with Gasteiger partial charge in [0.2, 0.25) is 0 Å². The Hall–Kier alpha value is -0.540. The second kappa shape index (κ2) is 8.59. The van der Waals surface area contributed by atoms with Crippen LogP contribution in [0.25, 0.3) is 0 Å². The van der Waals surface area contributed by atoms with Crippen molar-refractivity contribution < 1.29 is 0 Å². The van der Waals surface area contributed by atoms with Crippen LogP contribution in [-0.2, 0) is 6.54 Å². The van der Waals surface area contributed by atoms with Crippen LogP contribution in [0.3, 0.4) is 0 Å². The van der Waals surface area contributed by atoms with Gasteiger partial charge in [-0.05, 0) is 43.8 Å². The van der Waals surface area contributed by atoms with Crippen molar-refractivity contribution in [2.75, 3.05) is 19.3 Å². The third-order valence-electron chi connectivity index (χ3n) is 2.62. The largest absolute Gasteiger partial charge is 0.302 e. The van der Waals surface area contributed by atoms with Gasteiger partial charge in [-0.2, -0.15) is 12.6 Å². The summed E-state index contributed by atoms with van der Waals surface area (Å²) in [6.45, 7) is 2.17. The first-order valence-electron chi connectivity index (χ1n) is 6.01. The third-order valence-corrected chi connectivity index (χ3v) is 2.94. The zero-order chi connectivity index (χ0) is 11.6. The first kappa shape index (κ1) is 13.5. The second-order valence-corrected chi connectivity index (χ2v) is 4.68. The maximum Gasteiger partial charge on any atom is 0.0312 e. The molecule has 90 valence electrons. The van der Waals surface area contributed by atoms with Gasteiger partial charge in [0, 0.05) is 18.9 Å².